The smallest absolute Gasteiger partial charge is 0.276 e. The van der Waals surface area contributed by atoms with E-state index in [-0.39, 0.29) is 12.5 Å². The monoisotopic (exact) mass is 456 g/mol. The number of amides is 1. The highest BCUT2D eigenvalue weighted by molar-refractivity contribution is 7.80. The van der Waals surface area contributed by atoms with Crippen LogP contribution in [-0.4, -0.2) is 30.1 Å². The van der Waals surface area contributed by atoms with E-state index in [2.05, 4.69) is 5.32 Å². The fraction of sp³-hybridized carbons (Fsp3) is 0.158. The van der Waals surface area contributed by atoms with E-state index in [9.17, 15) is 4.79 Å². The normalized spacial score (nSPS) is 15.2. The molecule has 3 rings (SSSR count). The van der Waals surface area contributed by atoms with Gasteiger partial charge < -0.3 is 14.8 Å². The molecule has 1 aliphatic heterocycles. The molecule has 5 nitrogen and oxygen atoms in total. The number of hydrogen-bond acceptors (Lipinski definition) is 4. The minimum absolute atomic E-state index is 0.178. The highest BCUT2D eigenvalue weighted by atomic mass is 35.5. The van der Waals surface area contributed by atoms with Crippen LogP contribution in [0.15, 0.2) is 36.0 Å². The Morgan fingerprint density at radius 1 is 1.11 bits per heavy atom. The van der Waals surface area contributed by atoms with Crippen LogP contribution >= 0.6 is 47.0 Å². The molecule has 0 spiro atoms. The van der Waals surface area contributed by atoms with Crippen LogP contribution in [0.25, 0.3) is 6.08 Å². The van der Waals surface area contributed by atoms with Gasteiger partial charge in [0.2, 0.25) is 0 Å². The van der Waals surface area contributed by atoms with Crippen LogP contribution in [-0.2, 0) is 11.4 Å². The molecule has 1 saturated heterocycles. The lowest BCUT2D eigenvalue weighted by molar-refractivity contribution is -0.121. The van der Waals surface area contributed by atoms with Crippen molar-refractivity contribution in [2.75, 3.05) is 14.2 Å². The maximum Gasteiger partial charge on any atom is 0.276 e. The Labute approximate surface area is 182 Å². The first-order chi connectivity index (χ1) is 13.3. The molecule has 1 fully saturated rings. The van der Waals surface area contributed by atoms with Gasteiger partial charge in [0, 0.05) is 18.7 Å². The third-order valence-electron chi connectivity index (χ3n) is 4.05. The molecule has 0 bridgehead atoms. The zero-order valence-corrected chi connectivity index (χ0v) is 18.0. The van der Waals surface area contributed by atoms with Gasteiger partial charge in [0.05, 0.1) is 22.2 Å². The Bertz CT molecular complexity index is 995. The molecule has 0 saturated carbocycles. The lowest BCUT2D eigenvalue weighted by Crippen LogP contribution is -2.25. The van der Waals surface area contributed by atoms with Crippen LogP contribution in [0, 0.1) is 0 Å². The third kappa shape index (κ3) is 4.36. The molecule has 9 heteroatoms. The van der Waals surface area contributed by atoms with Crippen LogP contribution in [0.2, 0.25) is 15.1 Å². The number of nitrogens with one attached hydrogen (secondary N) is 1. The fourth-order valence-corrected chi connectivity index (χ4v) is 3.35. The highest BCUT2D eigenvalue weighted by Gasteiger charge is 2.27. The Morgan fingerprint density at radius 2 is 1.82 bits per heavy atom. The Balaban J connectivity index is 1.85. The number of halogens is 3. The molecular weight excluding hydrogens is 443 g/mol. The van der Waals surface area contributed by atoms with E-state index in [0.717, 1.165) is 11.1 Å². The maximum absolute atomic E-state index is 12.2. The van der Waals surface area contributed by atoms with Crippen molar-refractivity contribution in [2.45, 2.75) is 6.61 Å². The van der Waals surface area contributed by atoms with E-state index in [4.69, 9.17) is 56.5 Å². The lowest BCUT2D eigenvalue weighted by atomic mass is 10.1. The number of carbonyl (C=O) groups excluding carboxylic acids is 1. The summed E-state index contributed by atoms with van der Waals surface area (Å²) in [5.41, 5.74) is 1.95. The SMILES string of the molecule is COc1ccc(/C=C2/NC(=S)N(C)C2=O)cc1COc1cc(Cl)c(Cl)cc1Cl. The summed E-state index contributed by atoms with van der Waals surface area (Å²) in [5.74, 6) is 0.847. The molecule has 2 aromatic carbocycles. The number of carbonyl (C=O) groups is 1. The summed E-state index contributed by atoms with van der Waals surface area (Å²) in [5, 5.41) is 4.30. The van der Waals surface area contributed by atoms with Crippen LogP contribution in [0.4, 0.5) is 0 Å². The predicted molar refractivity (Wildman–Crippen MR) is 115 cm³/mol. The zero-order valence-electron chi connectivity index (χ0n) is 14.9. The van der Waals surface area contributed by atoms with Gasteiger partial charge in [-0.3, -0.25) is 9.69 Å². The summed E-state index contributed by atoms with van der Waals surface area (Å²) in [6.07, 6.45) is 1.72. The van der Waals surface area contributed by atoms with Crippen molar-refractivity contribution in [3.8, 4) is 11.5 Å². The highest BCUT2D eigenvalue weighted by Crippen LogP contribution is 2.35. The van der Waals surface area contributed by atoms with Crippen molar-refractivity contribution in [1.29, 1.82) is 0 Å². The second-order valence-electron chi connectivity index (χ2n) is 5.91. The van der Waals surface area contributed by atoms with Crippen LogP contribution in [0.3, 0.4) is 0 Å². The van der Waals surface area contributed by atoms with Crippen molar-refractivity contribution in [3.05, 3.63) is 62.2 Å². The van der Waals surface area contributed by atoms with Crippen molar-refractivity contribution in [2.24, 2.45) is 0 Å². The molecule has 0 unspecified atom stereocenters. The van der Waals surface area contributed by atoms with E-state index < -0.39 is 0 Å². The summed E-state index contributed by atoms with van der Waals surface area (Å²) in [7, 11) is 3.19. The average Bonchev–Trinajstić information content (AvgIpc) is 2.90. The Morgan fingerprint density at radius 3 is 2.46 bits per heavy atom. The van der Waals surface area contributed by atoms with Crippen molar-refractivity contribution >= 4 is 64.1 Å². The molecule has 0 radical (unpaired) electrons. The first kappa shape index (κ1) is 20.7. The van der Waals surface area contributed by atoms with Crippen molar-refractivity contribution in [1.82, 2.24) is 10.2 Å². The zero-order chi connectivity index (χ0) is 20.4. The molecule has 146 valence electrons. The van der Waals surface area contributed by atoms with Crippen LogP contribution < -0.4 is 14.8 Å². The Hall–Kier alpha value is -1.99. The largest absolute Gasteiger partial charge is 0.496 e. The molecular formula is C19H15Cl3N2O3S. The molecule has 28 heavy (non-hydrogen) atoms. The summed E-state index contributed by atoms with van der Waals surface area (Å²) in [4.78, 5) is 13.5. The number of benzene rings is 2. The fourth-order valence-electron chi connectivity index (χ4n) is 2.56. The number of thiocarbonyl (C=S) groups is 1. The van der Waals surface area contributed by atoms with E-state index in [1.165, 1.54) is 11.0 Å². The number of ether oxygens (including phenoxy) is 2. The molecule has 1 heterocycles. The quantitative estimate of drug-likeness (QED) is 0.392. The van der Waals surface area contributed by atoms with Crippen LogP contribution in [0.1, 0.15) is 11.1 Å². The predicted octanol–water partition coefficient (Wildman–Crippen LogP) is 4.92. The molecule has 0 aliphatic carbocycles. The van der Waals surface area contributed by atoms with Gasteiger partial charge in [-0.05, 0) is 42.1 Å². The first-order valence-electron chi connectivity index (χ1n) is 8.05. The standard InChI is InChI=1S/C19H15Cl3N2O3S/c1-24-18(25)15(23-19(24)28)6-10-3-4-16(26-2)11(5-10)9-27-17-8-13(21)12(20)7-14(17)22/h3-8H,9H2,1-2H3,(H,23,28)/b15-6+. The second-order valence-corrected chi connectivity index (χ2v) is 7.52. The number of hydrogen-bond donors (Lipinski definition) is 1. The van der Waals surface area contributed by atoms with Crippen molar-refractivity contribution < 1.29 is 14.3 Å². The minimum Gasteiger partial charge on any atom is -0.496 e. The average molecular weight is 458 g/mol. The molecule has 2 aromatic rings. The van der Waals surface area contributed by atoms with E-state index in [1.54, 1.807) is 32.4 Å². The summed E-state index contributed by atoms with van der Waals surface area (Å²) >= 11 is 23.2. The molecule has 1 aliphatic rings. The van der Waals surface area contributed by atoms with E-state index in [1.807, 2.05) is 12.1 Å². The van der Waals surface area contributed by atoms with Gasteiger partial charge in [-0.15, -0.1) is 0 Å². The van der Waals surface area contributed by atoms with Gasteiger partial charge in [-0.2, -0.15) is 0 Å². The van der Waals surface area contributed by atoms with Crippen molar-refractivity contribution in [3.63, 3.8) is 0 Å². The molecule has 0 atom stereocenters. The van der Waals surface area contributed by atoms with Gasteiger partial charge in [0.25, 0.3) is 5.91 Å². The summed E-state index contributed by atoms with van der Waals surface area (Å²) in [6.45, 7) is 0.178. The topological polar surface area (TPSA) is 50.8 Å². The minimum atomic E-state index is -0.193. The molecule has 1 amide bonds. The van der Waals surface area contributed by atoms with Gasteiger partial charge >= 0.3 is 0 Å². The third-order valence-corrected chi connectivity index (χ3v) is 5.45. The first-order valence-corrected chi connectivity index (χ1v) is 9.59. The van der Waals surface area contributed by atoms with Gasteiger partial charge in [0.15, 0.2) is 5.11 Å². The van der Waals surface area contributed by atoms with E-state index in [0.29, 0.717) is 37.4 Å². The van der Waals surface area contributed by atoms with Gasteiger partial charge in [0.1, 0.15) is 23.8 Å². The Kier molecular flexibility index (Phi) is 6.35. The molecule has 0 aromatic heterocycles. The lowest BCUT2D eigenvalue weighted by Gasteiger charge is -2.13. The molecule has 1 N–H and O–H groups in total. The number of rotatable bonds is 5. The second kappa shape index (κ2) is 8.57. The summed E-state index contributed by atoms with van der Waals surface area (Å²) in [6, 6.07) is 8.56. The van der Waals surface area contributed by atoms with Crippen LogP contribution in [0.5, 0.6) is 11.5 Å². The van der Waals surface area contributed by atoms with E-state index >= 15 is 0 Å². The van der Waals surface area contributed by atoms with Gasteiger partial charge in [-0.25, -0.2) is 0 Å². The number of likely N-dealkylation sites (N-methyl/N-ethyl adjacent to an activating group) is 1. The number of methoxy groups -OCH3 is 1. The maximum atomic E-state index is 12.2. The summed E-state index contributed by atoms with van der Waals surface area (Å²) < 4.78 is 11.2. The number of nitrogens with zero attached hydrogens (tertiary/aromatic N) is 1. The van der Waals surface area contributed by atoms with Gasteiger partial charge in [-0.1, -0.05) is 40.9 Å².